The van der Waals surface area contributed by atoms with Crippen LogP contribution in [0.1, 0.15) is 25.8 Å². The average Bonchev–Trinajstić information content (AvgIpc) is 2.63. The Bertz CT molecular complexity index is 498. The second-order valence-electron chi connectivity index (χ2n) is 5.34. The summed E-state index contributed by atoms with van der Waals surface area (Å²) in [5, 5.41) is 0. The van der Waals surface area contributed by atoms with Gasteiger partial charge in [0.1, 0.15) is 0 Å². The molecule has 0 unspecified atom stereocenters. The first-order valence-corrected chi connectivity index (χ1v) is 8.27. The maximum atomic E-state index is 11.7. The molecular formula is C14H21NO2S. The van der Waals surface area contributed by atoms with E-state index in [1.165, 1.54) is 5.56 Å². The molecule has 1 atom stereocenters. The molecule has 0 spiro atoms. The standard InChI is InChI=1S/C14H21NO2S/c1-3-15(11-13-7-5-4-6-8-13)14(2)9-10-18(16,17)12-14/h4-8H,3,9-12H2,1-2H3/t14-/m1/s1. The van der Waals surface area contributed by atoms with Gasteiger partial charge in [-0.3, -0.25) is 4.90 Å². The van der Waals surface area contributed by atoms with Crippen LogP contribution >= 0.6 is 0 Å². The van der Waals surface area contributed by atoms with Crippen LogP contribution in [0.25, 0.3) is 0 Å². The van der Waals surface area contributed by atoms with Gasteiger partial charge < -0.3 is 0 Å². The van der Waals surface area contributed by atoms with E-state index >= 15 is 0 Å². The lowest BCUT2D eigenvalue weighted by Crippen LogP contribution is -2.46. The summed E-state index contributed by atoms with van der Waals surface area (Å²) in [5.41, 5.74) is 1.04. The molecule has 0 saturated carbocycles. The first-order valence-electron chi connectivity index (χ1n) is 6.45. The third-order valence-corrected chi connectivity index (χ3v) is 5.73. The van der Waals surface area contributed by atoms with Gasteiger partial charge in [-0.25, -0.2) is 8.42 Å². The highest BCUT2D eigenvalue weighted by Crippen LogP contribution is 2.30. The quantitative estimate of drug-likeness (QED) is 0.838. The zero-order valence-electron chi connectivity index (χ0n) is 11.1. The number of rotatable bonds is 4. The lowest BCUT2D eigenvalue weighted by atomic mass is 9.98. The van der Waals surface area contributed by atoms with Crippen molar-refractivity contribution in [2.75, 3.05) is 18.1 Å². The lowest BCUT2D eigenvalue weighted by molar-refractivity contribution is 0.124. The minimum absolute atomic E-state index is 0.205. The summed E-state index contributed by atoms with van der Waals surface area (Å²) in [5.74, 6) is 0.620. The van der Waals surface area contributed by atoms with Crippen LogP contribution in [0.15, 0.2) is 30.3 Å². The highest BCUT2D eigenvalue weighted by molar-refractivity contribution is 7.91. The summed E-state index contributed by atoms with van der Waals surface area (Å²) in [6, 6.07) is 10.2. The third-order valence-electron chi connectivity index (χ3n) is 3.84. The SMILES string of the molecule is CCN(Cc1ccccc1)[C@]1(C)CCS(=O)(=O)C1. The van der Waals surface area contributed by atoms with Gasteiger partial charge in [0, 0.05) is 12.1 Å². The Morgan fingerprint density at radius 1 is 1.28 bits per heavy atom. The largest absolute Gasteiger partial charge is 0.293 e. The fourth-order valence-electron chi connectivity index (χ4n) is 2.73. The molecule has 1 fully saturated rings. The van der Waals surface area contributed by atoms with E-state index in [4.69, 9.17) is 0 Å². The smallest absolute Gasteiger partial charge is 0.152 e. The maximum absolute atomic E-state index is 11.7. The summed E-state index contributed by atoms with van der Waals surface area (Å²) >= 11 is 0. The van der Waals surface area contributed by atoms with Crippen molar-refractivity contribution in [3.8, 4) is 0 Å². The van der Waals surface area contributed by atoms with Gasteiger partial charge in [-0.05, 0) is 25.5 Å². The van der Waals surface area contributed by atoms with E-state index in [0.29, 0.717) is 11.5 Å². The topological polar surface area (TPSA) is 37.4 Å². The molecule has 1 aromatic carbocycles. The van der Waals surface area contributed by atoms with Crippen molar-refractivity contribution >= 4 is 9.84 Å². The van der Waals surface area contributed by atoms with Crippen LogP contribution in [-0.2, 0) is 16.4 Å². The van der Waals surface area contributed by atoms with Crippen LogP contribution in [-0.4, -0.2) is 36.9 Å². The second-order valence-corrected chi connectivity index (χ2v) is 7.52. The highest BCUT2D eigenvalue weighted by atomic mass is 32.2. The molecule has 0 aromatic heterocycles. The fourth-order valence-corrected chi connectivity index (χ4v) is 4.90. The van der Waals surface area contributed by atoms with Crippen molar-refractivity contribution in [2.24, 2.45) is 0 Å². The van der Waals surface area contributed by atoms with Gasteiger partial charge in [-0.15, -0.1) is 0 Å². The Morgan fingerprint density at radius 2 is 1.94 bits per heavy atom. The van der Waals surface area contributed by atoms with Crippen molar-refractivity contribution in [3.63, 3.8) is 0 Å². The zero-order valence-corrected chi connectivity index (χ0v) is 11.9. The number of sulfone groups is 1. The molecule has 0 bridgehead atoms. The van der Waals surface area contributed by atoms with Gasteiger partial charge in [0.15, 0.2) is 9.84 Å². The molecule has 0 aliphatic carbocycles. The molecule has 0 N–H and O–H groups in total. The number of hydrogen-bond donors (Lipinski definition) is 0. The Balaban J connectivity index is 2.15. The van der Waals surface area contributed by atoms with Crippen molar-refractivity contribution in [1.29, 1.82) is 0 Å². The molecule has 100 valence electrons. The molecule has 2 rings (SSSR count). The van der Waals surface area contributed by atoms with Gasteiger partial charge in [-0.2, -0.15) is 0 Å². The first kappa shape index (κ1) is 13.6. The van der Waals surface area contributed by atoms with E-state index in [9.17, 15) is 8.42 Å². The zero-order chi connectivity index (χ0) is 13.2. The summed E-state index contributed by atoms with van der Waals surface area (Å²) < 4.78 is 23.4. The van der Waals surface area contributed by atoms with Crippen LogP contribution in [0.2, 0.25) is 0 Å². The summed E-state index contributed by atoms with van der Waals surface area (Å²) in [6.07, 6.45) is 0.746. The third kappa shape index (κ3) is 2.93. The minimum atomic E-state index is -2.84. The molecule has 1 aliphatic heterocycles. The fraction of sp³-hybridized carbons (Fsp3) is 0.571. The van der Waals surface area contributed by atoms with Crippen LogP contribution in [0, 0.1) is 0 Å². The van der Waals surface area contributed by atoms with Crippen molar-refractivity contribution in [2.45, 2.75) is 32.4 Å². The van der Waals surface area contributed by atoms with Crippen LogP contribution in [0.4, 0.5) is 0 Å². The molecule has 0 amide bonds. The van der Waals surface area contributed by atoms with Gasteiger partial charge in [0.2, 0.25) is 0 Å². The molecular weight excluding hydrogens is 246 g/mol. The van der Waals surface area contributed by atoms with Crippen molar-refractivity contribution in [3.05, 3.63) is 35.9 Å². The van der Waals surface area contributed by atoms with Gasteiger partial charge in [-0.1, -0.05) is 37.3 Å². The van der Waals surface area contributed by atoms with E-state index in [1.54, 1.807) is 0 Å². The van der Waals surface area contributed by atoms with E-state index in [2.05, 4.69) is 30.9 Å². The predicted molar refractivity (Wildman–Crippen MR) is 74.2 cm³/mol. The van der Waals surface area contributed by atoms with Crippen LogP contribution < -0.4 is 0 Å². The molecule has 18 heavy (non-hydrogen) atoms. The minimum Gasteiger partial charge on any atom is -0.293 e. The molecule has 1 heterocycles. The Hall–Kier alpha value is -0.870. The van der Waals surface area contributed by atoms with E-state index in [-0.39, 0.29) is 5.54 Å². The average molecular weight is 267 g/mol. The van der Waals surface area contributed by atoms with Gasteiger partial charge in [0.05, 0.1) is 11.5 Å². The summed E-state index contributed by atoms with van der Waals surface area (Å²) in [4.78, 5) is 2.28. The van der Waals surface area contributed by atoms with Gasteiger partial charge >= 0.3 is 0 Å². The van der Waals surface area contributed by atoms with E-state index in [0.717, 1.165) is 19.5 Å². The Morgan fingerprint density at radius 3 is 2.44 bits per heavy atom. The number of nitrogens with zero attached hydrogens (tertiary/aromatic N) is 1. The Labute approximate surface area is 110 Å². The molecule has 3 nitrogen and oxygen atoms in total. The lowest BCUT2D eigenvalue weighted by Gasteiger charge is -2.36. The van der Waals surface area contributed by atoms with Crippen molar-refractivity contribution < 1.29 is 8.42 Å². The summed E-state index contributed by atoms with van der Waals surface area (Å²) in [6.45, 7) is 5.87. The van der Waals surface area contributed by atoms with E-state index in [1.807, 2.05) is 18.2 Å². The van der Waals surface area contributed by atoms with Gasteiger partial charge in [0.25, 0.3) is 0 Å². The second kappa shape index (κ2) is 5.02. The number of hydrogen-bond acceptors (Lipinski definition) is 3. The first-order chi connectivity index (χ1) is 8.45. The normalized spacial score (nSPS) is 26.6. The summed E-state index contributed by atoms with van der Waals surface area (Å²) in [7, 11) is -2.84. The molecule has 1 saturated heterocycles. The Kier molecular flexibility index (Phi) is 3.78. The molecule has 0 radical (unpaired) electrons. The number of benzene rings is 1. The predicted octanol–water partition coefficient (Wildman–Crippen LogP) is 2.09. The van der Waals surface area contributed by atoms with Crippen LogP contribution in [0.3, 0.4) is 0 Å². The molecule has 1 aliphatic rings. The van der Waals surface area contributed by atoms with Crippen LogP contribution in [0.5, 0.6) is 0 Å². The highest BCUT2D eigenvalue weighted by Gasteiger charge is 2.42. The van der Waals surface area contributed by atoms with Crippen molar-refractivity contribution in [1.82, 2.24) is 4.90 Å². The van der Waals surface area contributed by atoms with E-state index < -0.39 is 9.84 Å². The molecule has 4 heteroatoms. The maximum Gasteiger partial charge on any atom is 0.152 e. The molecule has 1 aromatic rings. The monoisotopic (exact) mass is 267 g/mol.